The standard InChI is InChI=1S/C15H26N4O9/c16-11(20)2-1-10(15(27)28)19(4-3-17-7-12(21)22)6-5-18(8-13(23)24)9-14(25)26/h10,17H,1-9H2,(H2,16,20)(H,21,22)(H,23,24)(H,25,26)(H,27,28)/t10-/m0/s1. The van der Waals surface area contributed by atoms with E-state index in [4.69, 9.17) is 21.1 Å². The van der Waals surface area contributed by atoms with E-state index in [0.29, 0.717) is 0 Å². The van der Waals surface area contributed by atoms with Crippen LogP contribution in [0.2, 0.25) is 0 Å². The summed E-state index contributed by atoms with van der Waals surface area (Å²) < 4.78 is 0. The number of nitrogens with zero attached hydrogens (tertiary/aromatic N) is 2. The Kier molecular flexibility index (Phi) is 12.1. The van der Waals surface area contributed by atoms with E-state index >= 15 is 0 Å². The van der Waals surface area contributed by atoms with Crippen LogP contribution in [0.25, 0.3) is 0 Å². The number of nitrogens with two attached hydrogens (primary N) is 1. The quantitative estimate of drug-likeness (QED) is 0.135. The van der Waals surface area contributed by atoms with Crippen molar-refractivity contribution in [2.24, 2.45) is 5.73 Å². The van der Waals surface area contributed by atoms with Crippen LogP contribution >= 0.6 is 0 Å². The van der Waals surface area contributed by atoms with Crippen molar-refractivity contribution in [3.8, 4) is 0 Å². The summed E-state index contributed by atoms with van der Waals surface area (Å²) in [5.74, 6) is -5.49. The van der Waals surface area contributed by atoms with Crippen LogP contribution in [-0.2, 0) is 24.0 Å². The van der Waals surface area contributed by atoms with Crippen molar-refractivity contribution in [2.75, 3.05) is 45.8 Å². The van der Waals surface area contributed by atoms with Crippen LogP contribution in [-0.4, -0.2) is 112 Å². The highest BCUT2D eigenvalue weighted by Gasteiger charge is 2.26. The van der Waals surface area contributed by atoms with Gasteiger partial charge in [-0.3, -0.25) is 33.8 Å². The summed E-state index contributed by atoms with van der Waals surface area (Å²) >= 11 is 0. The number of aliphatic carboxylic acids is 4. The second kappa shape index (κ2) is 13.4. The molecule has 0 aromatic carbocycles. The predicted octanol–water partition coefficient (Wildman–Crippen LogP) is -2.85. The Morgan fingerprint density at radius 2 is 1.43 bits per heavy atom. The Labute approximate surface area is 160 Å². The number of carboxylic acids is 4. The number of carbonyl (C=O) groups is 5. The van der Waals surface area contributed by atoms with E-state index in [1.807, 2.05) is 0 Å². The lowest BCUT2D eigenvalue weighted by Gasteiger charge is -2.30. The highest BCUT2D eigenvalue weighted by Crippen LogP contribution is 2.08. The normalized spacial score (nSPS) is 12.1. The summed E-state index contributed by atoms with van der Waals surface area (Å²) in [6, 6.07) is -1.13. The number of carbonyl (C=O) groups excluding carboxylic acids is 1. The molecule has 0 rings (SSSR count). The summed E-state index contributed by atoms with van der Waals surface area (Å²) in [6.45, 7) is -1.30. The van der Waals surface area contributed by atoms with Gasteiger partial charge in [0.25, 0.3) is 0 Å². The fraction of sp³-hybridized carbons (Fsp3) is 0.667. The van der Waals surface area contributed by atoms with E-state index in [9.17, 15) is 29.1 Å². The Morgan fingerprint density at radius 3 is 1.86 bits per heavy atom. The van der Waals surface area contributed by atoms with Gasteiger partial charge in [-0.25, -0.2) is 0 Å². The molecule has 1 atom stereocenters. The van der Waals surface area contributed by atoms with E-state index in [-0.39, 0.29) is 45.6 Å². The molecule has 160 valence electrons. The minimum atomic E-state index is -1.24. The summed E-state index contributed by atoms with van der Waals surface area (Å²) in [4.78, 5) is 57.4. The first-order valence-corrected chi connectivity index (χ1v) is 8.36. The Morgan fingerprint density at radius 1 is 0.857 bits per heavy atom. The van der Waals surface area contributed by atoms with Crippen LogP contribution in [0.15, 0.2) is 0 Å². The van der Waals surface area contributed by atoms with Gasteiger partial charge in [0.15, 0.2) is 0 Å². The van der Waals surface area contributed by atoms with Gasteiger partial charge in [-0.05, 0) is 6.42 Å². The monoisotopic (exact) mass is 406 g/mol. The molecule has 0 unspecified atom stereocenters. The highest BCUT2D eigenvalue weighted by atomic mass is 16.4. The van der Waals surface area contributed by atoms with Crippen molar-refractivity contribution in [2.45, 2.75) is 18.9 Å². The first kappa shape index (κ1) is 25.2. The number of hydrogen-bond donors (Lipinski definition) is 6. The summed E-state index contributed by atoms with van der Waals surface area (Å²) in [7, 11) is 0. The SMILES string of the molecule is NC(=O)CC[C@@H](C(=O)O)N(CCNCC(=O)O)CCN(CC(=O)O)CC(=O)O. The molecule has 0 aliphatic rings. The molecule has 1 amide bonds. The smallest absolute Gasteiger partial charge is 0.320 e. The molecule has 0 heterocycles. The second-order valence-electron chi connectivity index (χ2n) is 5.96. The van der Waals surface area contributed by atoms with Crippen LogP contribution in [0.1, 0.15) is 12.8 Å². The molecule has 0 saturated carbocycles. The minimum absolute atomic E-state index is 0.00889. The number of nitrogens with one attached hydrogen (secondary N) is 1. The lowest BCUT2D eigenvalue weighted by atomic mass is 10.1. The summed E-state index contributed by atoms with van der Waals surface area (Å²) in [5.41, 5.74) is 5.06. The van der Waals surface area contributed by atoms with Crippen molar-refractivity contribution in [1.82, 2.24) is 15.1 Å². The van der Waals surface area contributed by atoms with Crippen molar-refractivity contribution in [3.63, 3.8) is 0 Å². The molecule has 0 aromatic heterocycles. The zero-order valence-electron chi connectivity index (χ0n) is 15.2. The maximum Gasteiger partial charge on any atom is 0.320 e. The van der Waals surface area contributed by atoms with E-state index in [2.05, 4.69) is 5.32 Å². The lowest BCUT2D eigenvalue weighted by molar-refractivity contribution is -0.146. The maximum absolute atomic E-state index is 11.6. The van der Waals surface area contributed by atoms with Crippen LogP contribution in [0.3, 0.4) is 0 Å². The summed E-state index contributed by atoms with van der Waals surface area (Å²) in [5, 5.41) is 38.4. The van der Waals surface area contributed by atoms with Crippen LogP contribution in [0.4, 0.5) is 0 Å². The number of primary amides is 1. The first-order chi connectivity index (χ1) is 13.0. The van der Waals surface area contributed by atoms with Crippen molar-refractivity contribution < 1.29 is 44.4 Å². The average molecular weight is 406 g/mol. The predicted molar refractivity (Wildman–Crippen MR) is 93.6 cm³/mol. The molecule has 0 bridgehead atoms. The van der Waals surface area contributed by atoms with Gasteiger partial charge in [-0.15, -0.1) is 0 Å². The Balaban J connectivity index is 5.11. The molecule has 0 radical (unpaired) electrons. The first-order valence-electron chi connectivity index (χ1n) is 8.36. The van der Waals surface area contributed by atoms with Crippen LogP contribution in [0.5, 0.6) is 0 Å². The van der Waals surface area contributed by atoms with Crippen molar-refractivity contribution >= 4 is 29.8 Å². The van der Waals surface area contributed by atoms with Gasteiger partial charge in [0.2, 0.25) is 5.91 Å². The van der Waals surface area contributed by atoms with Gasteiger partial charge in [0, 0.05) is 32.6 Å². The molecule has 0 fully saturated rings. The number of amides is 1. The molecule has 0 aliphatic heterocycles. The van der Waals surface area contributed by atoms with Crippen molar-refractivity contribution in [1.29, 1.82) is 0 Å². The molecular formula is C15H26N4O9. The number of rotatable bonds is 17. The summed E-state index contributed by atoms with van der Waals surface area (Å²) in [6.07, 6.45) is -0.286. The average Bonchev–Trinajstić information content (AvgIpc) is 2.53. The molecule has 28 heavy (non-hydrogen) atoms. The minimum Gasteiger partial charge on any atom is -0.480 e. The van der Waals surface area contributed by atoms with Crippen LogP contribution in [0, 0.1) is 0 Å². The fourth-order valence-electron chi connectivity index (χ4n) is 2.45. The zero-order valence-corrected chi connectivity index (χ0v) is 15.2. The van der Waals surface area contributed by atoms with Crippen LogP contribution < -0.4 is 11.1 Å². The molecule has 7 N–H and O–H groups in total. The van der Waals surface area contributed by atoms with Gasteiger partial charge < -0.3 is 31.5 Å². The topological polar surface area (TPSA) is 211 Å². The Bertz CT molecular complexity index is 554. The largest absolute Gasteiger partial charge is 0.480 e. The molecule has 0 aliphatic carbocycles. The third-order valence-electron chi connectivity index (χ3n) is 3.66. The molecule has 13 heteroatoms. The third-order valence-corrected chi connectivity index (χ3v) is 3.66. The molecule has 0 aromatic rings. The molecule has 13 nitrogen and oxygen atoms in total. The van der Waals surface area contributed by atoms with Gasteiger partial charge in [0.05, 0.1) is 19.6 Å². The van der Waals surface area contributed by atoms with Gasteiger partial charge in [-0.1, -0.05) is 0 Å². The van der Waals surface area contributed by atoms with Gasteiger partial charge in [-0.2, -0.15) is 0 Å². The maximum atomic E-state index is 11.6. The number of hydrogen-bond acceptors (Lipinski definition) is 8. The van der Waals surface area contributed by atoms with E-state index in [1.54, 1.807) is 0 Å². The van der Waals surface area contributed by atoms with Gasteiger partial charge >= 0.3 is 23.9 Å². The molecule has 0 spiro atoms. The van der Waals surface area contributed by atoms with E-state index in [0.717, 1.165) is 4.90 Å². The second-order valence-corrected chi connectivity index (χ2v) is 5.96. The Hall–Kier alpha value is -2.77. The zero-order chi connectivity index (χ0) is 21.7. The fourth-order valence-corrected chi connectivity index (χ4v) is 2.45. The van der Waals surface area contributed by atoms with Crippen molar-refractivity contribution in [3.05, 3.63) is 0 Å². The molecular weight excluding hydrogens is 380 g/mol. The lowest BCUT2D eigenvalue weighted by Crippen LogP contribution is -2.49. The number of carboxylic acid groups (broad SMARTS) is 4. The van der Waals surface area contributed by atoms with E-state index < -0.39 is 48.9 Å². The third kappa shape index (κ3) is 12.6. The molecule has 0 saturated heterocycles. The van der Waals surface area contributed by atoms with E-state index in [1.165, 1.54) is 4.90 Å². The van der Waals surface area contributed by atoms with Gasteiger partial charge in [0.1, 0.15) is 6.04 Å². The highest BCUT2D eigenvalue weighted by molar-refractivity contribution is 5.77.